The molecule has 0 bridgehead atoms. The molecule has 0 aliphatic heterocycles. The minimum atomic E-state index is -0.169. The molecule has 4 aliphatic carbocycles. The molecule has 0 saturated carbocycles. The van der Waals surface area contributed by atoms with Crippen LogP contribution < -0.4 is 9.80 Å². The molecule has 0 radical (unpaired) electrons. The molecule has 0 atom stereocenters. The van der Waals surface area contributed by atoms with Gasteiger partial charge in [-0.1, -0.05) is 189 Å². The highest BCUT2D eigenvalue weighted by Crippen LogP contribution is 2.59. The van der Waals surface area contributed by atoms with Crippen LogP contribution in [0, 0.1) is 0 Å². The first kappa shape index (κ1) is 46.1. The van der Waals surface area contributed by atoms with Gasteiger partial charge in [-0.3, -0.25) is 0 Å². The monoisotopic (exact) mass is 978 g/mol. The van der Waals surface area contributed by atoms with Crippen molar-refractivity contribution in [2.75, 3.05) is 9.80 Å². The molecular formula is C74H62N2. The molecule has 0 N–H and O–H groups in total. The maximum absolute atomic E-state index is 2.53. The quantitative estimate of drug-likeness (QED) is 0.140. The van der Waals surface area contributed by atoms with Gasteiger partial charge in [0.15, 0.2) is 0 Å². The molecule has 76 heavy (non-hydrogen) atoms. The van der Waals surface area contributed by atoms with Gasteiger partial charge >= 0.3 is 0 Å². The first-order valence-electron chi connectivity index (χ1n) is 27.2. The zero-order valence-corrected chi connectivity index (χ0v) is 44.8. The molecule has 0 fully saturated rings. The molecule has 0 saturated heterocycles. The van der Waals surface area contributed by atoms with E-state index in [0.717, 1.165) is 22.7 Å². The number of hydrogen-bond donors (Lipinski definition) is 0. The smallest absolute Gasteiger partial charge is 0.0465 e. The van der Waals surface area contributed by atoms with Crippen molar-refractivity contribution in [3.05, 3.63) is 274 Å². The lowest BCUT2D eigenvalue weighted by atomic mass is 9.79. The fourth-order valence-corrected chi connectivity index (χ4v) is 13.8. The Morgan fingerprint density at radius 3 is 0.737 bits per heavy atom. The summed E-state index contributed by atoms with van der Waals surface area (Å²) < 4.78 is 0. The molecule has 2 heteroatoms. The standard InChI is InChI=1S/C74H62N2/c1-71(2)63-39-47(31-35-55(63)59-43-69-61(45-67(59)71)57-37-33-53(41-65(57)73(69,5)6)75(49-21-13-9-14-22-49)50-23-15-10-16-24-50)29-30-48-32-36-56-60-44-70-62(46-68(60)72(3,4)64(56)40-48)58-38-34-54(42-66(58)74(70,7)8)76(51-25-17-11-18-26-51)52-27-19-12-20-28-52/h9-46H,1-8H3/b30-29+. The Morgan fingerprint density at radius 1 is 0.224 bits per heavy atom. The van der Waals surface area contributed by atoms with Gasteiger partial charge in [0.05, 0.1) is 0 Å². The first-order chi connectivity index (χ1) is 36.7. The number of hydrogen-bond acceptors (Lipinski definition) is 2. The largest absolute Gasteiger partial charge is 0.310 e. The van der Waals surface area contributed by atoms with Gasteiger partial charge in [-0.05, 0) is 197 Å². The van der Waals surface area contributed by atoms with Crippen LogP contribution in [-0.2, 0) is 21.7 Å². The number of benzene rings is 10. The molecule has 14 rings (SSSR count). The summed E-state index contributed by atoms with van der Waals surface area (Å²) in [6.07, 6.45) is 4.64. The molecule has 10 aromatic rings. The average molecular weight is 979 g/mol. The van der Waals surface area contributed by atoms with E-state index < -0.39 is 0 Å². The first-order valence-corrected chi connectivity index (χ1v) is 27.2. The second-order valence-corrected chi connectivity index (χ2v) is 23.8. The van der Waals surface area contributed by atoms with E-state index in [-0.39, 0.29) is 21.7 Å². The predicted octanol–water partition coefficient (Wildman–Crippen LogP) is 20.0. The molecule has 0 amide bonds. The highest BCUT2D eigenvalue weighted by atomic mass is 15.1. The van der Waals surface area contributed by atoms with Crippen LogP contribution in [0.2, 0.25) is 0 Å². The third kappa shape index (κ3) is 6.79. The molecule has 4 aliphatic rings. The lowest BCUT2D eigenvalue weighted by Crippen LogP contribution is -2.17. The van der Waals surface area contributed by atoms with Crippen molar-refractivity contribution in [1.29, 1.82) is 0 Å². The fraction of sp³-hybridized carbons (Fsp3) is 0.162. The molecule has 0 unspecified atom stereocenters. The highest BCUT2D eigenvalue weighted by Gasteiger charge is 2.44. The normalized spacial score (nSPS) is 15.7. The van der Waals surface area contributed by atoms with Gasteiger partial charge in [-0.15, -0.1) is 0 Å². The minimum Gasteiger partial charge on any atom is -0.310 e. The second-order valence-electron chi connectivity index (χ2n) is 23.8. The van der Waals surface area contributed by atoms with Crippen LogP contribution in [0.4, 0.5) is 34.1 Å². The van der Waals surface area contributed by atoms with Crippen molar-refractivity contribution >= 4 is 46.3 Å². The van der Waals surface area contributed by atoms with Gasteiger partial charge in [0.2, 0.25) is 0 Å². The topological polar surface area (TPSA) is 6.48 Å². The molecular weight excluding hydrogens is 917 g/mol. The summed E-state index contributed by atoms with van der Waals surface area (Å²) in [7, 11) is 0. The third-order valence-electron chi connectivity index (χ3n) is 18.0. The average Bonchev–Trinajstić information content (AvgIpc) is 4.20. The Bertz CT molecular complexity index is 3680. The Kier molecular flexibility index (Phi) is 10.0. The van der Waals surface area contributed by atoms with Gasteiger partial charge in [-0.25, -0.2) is 0 Å². The maximum atomic E-state index is 2.53. The molecule has 2 nitrogen and oxygen atoms in total. The van der Waals surface area contributed by atoms with Crippen molar-refractivity contribution in [1.82, 2.24) is 0 Å². The van der Waals surface area contributed by atoms with Crippen LogP contribution >= 0.6 is 0 Å². The van der Waals surface area contributed by atoms with Crippen LogP contribution in [-0.4, -0.2) is 0 Å². The van der Waals surface area contributed by atoms with Crippen molar-refractivity contribution in [3.63, 3.8) is 0 Å². The zero-order chi connectivity index (χ0) is 51.9. The van der Waals surface area contributed by atoms with Gasteiger partial charge in [-0.2, -0.15) is 0 Å². The van der Waals surface area contributed by atoms with Crippen molar-refractivity contribution in [2.24, 2.45) is 0 Å². The van der Waals surface area contributed by atoms with E-state index in [4.69, 9.17) is 0 Å². The number of nitrogens with zero attached hydrogens (tertiary/aromatic N) is 2. The fourth-order valence-electron chi connectivity index (χ4n) is 13.8. The van der Waals surface area contributed by atoms with Crippen LogP contribution in [0.5, 0.6) is 0 Å². The Hall–Kier alpha value is -8.46. The van der Waals surface area contributed by atoms with E-state index in [1.807, 2.05) is 0 Å². The Labute approximate surface area is 449 Å². The van der Waals surface area contributed by atoms with Crippen LogP contribution in [0.1, 0.15) is 111 Å². The van der Waals surface area contributed by atoms with Crippen LogP contribution in [0.15, 0.2) is 218 Å². The SMILES string of the molecule is CC1(C)c2cc(/C=C/c3ccc4c(c3)C(C)(C)c3cc5c(cc3-4)C(C)(C)c3cc(N(c4ccccc4)c4ccccc4)ccc3-5)ccc2-c2cc3c(cc21)-c1ccc(N(c2ccccc2)c2ccccc2)cc1C3(C)C. The summed E-state index contributed by atoms with van der Waals surface area (Å²) >= 11 is 0. The van der Waals surface area contributed by atoms with E-state index >= 15 is 0 Å². The summed E-state index contributed by atoms with van der Waals surface area (Å²) in [4.78, 5) is 4.75. The predicted molar refractivity (Wildman–Crippen MR) is 321 cm³/mol. The van der Waals surface area contributed by atoms with E-state index in [2.05, 4.69) is 296 Å². The second kappa shape index (κ2) is 16.5. The lowest BCUT2D eigenvalue weighted by molar-refractivity contribution is 0.652. The highest BCUT2D eigenvalue weighted by molar-refractivity contribution is 5.94. The van der Waals surface area contributed by atoms with E-state index in [1.165, 1.54) is 112 Å². The van der Waals surface area contributed by atoms with E-state index in [1.54, 1.807) is 0 Å². The number of anilines is 6. The van der Waals surface area contributed by atoms with Crippen LogP contribution in [0.25, 0.3) is 56.7 Å². The molecule has 0 heterocycles. The molecule has 0 aromatic heterocycles. The minimum absolute atomic E-state index is 0.153. The van der Waals surface area contributed by atoms with Crippen molar-refractivity contribution in [3.8, 4) is 44.5 Å². The Morgan fingerprint density at radius 2 is 0.461 bits per heavy atom. The third-order valence-corrected chi connectivity index (χ3v) is 18.0. The number of para-hydroxylation sites is 4. The van der Waals surface area contributed by atoms with Crippen molar-refractivity contribution in [2.45, 2.75) is 77.0 Å². The summed E-state index contributed by atoms with van der Waals surface area (Å²) in [6, 6.07) is 81.5. The number of fused-ring (bicyclic) bond motifs is 12. The van der Waals surface area contributed by atoms with Gasteiger partial charge in [0.25, 0.3) is 0 Å². The van der Waals surface area contributed by atoms with E-state index in [0.29, 0.717) is 0 Å². The van der Waals surface area contributed by atoms with Gasteiger partial charge < -0.3 is 9.80 Å². The molecule has 0 spiro atoms. The zero-order valence-electron chi connectivity index (χ0n) is 44.8. The maximum Gasteiger partial charge on any atom is 0.0465 e. The van der Waals surface area contributed by atoms with Gasteiger partial charge in [0.1, 0.15) is 0 Å². The van der Waals surface area contributed by atoms with Gasteiger partial charge in [0, 0.05) is 55.8 Å². The van der Waals surface area contributed by atoms with E-state index in [9.17, 15) is 0 Å². The summed E-state index contributed by atoms with van der Waals surface area (Å²) in [6.45, 7) is 19.3. The number of rotatable bonds is 8. The molecule has 368 valence electrons. The Balaban J connectivity index is 0.750. The summed E-state index contributed by atoms with van der Waals surface area (Å²) in [5.74, 6) is 0. The van der Waals surface area contributed by atoms with Crippen molar-refractivity contribution < 1.29 is 0 Å². The summed E-state index contributed by atoms with van der Waals surface area (Å²) in [5, 5.41) is 0. The summed E-state index contributed by atoms with van der Waals surface area (Å²) in [5.41, 5.74) is 30.8. The molecule has 10 aromatic carbocycles. The lowest BCUT2D eigenvalue weighted by Gasteiger charge is -2.28. The van der Waals surface area contributed by atoms with Crippen LogP contribution in [0.3, 0.4) is 0 Å².